The zero-order valence-corrected chi connectivity index (χ0v) is 32.7. The summed E-state index contributed by atoms with van der Waals surface area (Å²) in [6.07, 6.45) is 4.15. The van der Waals surface area contributed by atoms with Crippen LogP contribution in [0.2, 0.25) is 10.0 Å². The first-order chi connectivity index (χ1) is 26.2. The molecule has 4 aliphatic rings. The number of hydrogen-bond acceptors (Lipinski definition) is 10. The van der Waals surface area contributed by atoms with Gasteiger partial charge in [-0.05, 0) is 44.1 Å². The number of aliphatic hydroxyl groups is 2. The zero-order chi connectivity index (χ0) is 37.5. The molecule has 54 heavy (non-hydrogen) atoms. The lowest BCUT2D eigenvalue weighted by molar-refractivity contribution is 0.000707. The van der Waals surface area contributed by atoms with Gasteiger partial charge >= 0.3 is 0 Å². The number of ether oxygens (including phenoxy) is 2. The molecule has 8 rings (SSSR count). The smallest absolute Gasteiger partial charge is 0.218 e. The van der Waals surface area contributed by atoms with Crippen LogP contribution in [0.25, 0.3) is 33.6 Å². The van der Waals surface area contributed by atoms with Crippen molar-refractivity contribution in [2.45, 2.75) is 25.9 Å². The predicted molar refractivity (Wildman–Crippen MR) is 213 cm³/mol. The number of methoxy groups -OCH3 is 2. The van der Waals surface area contributed by atoms with Crippen molar-refractivity contribution in [1.82, 2.24) is 29.6 Å². The van der Waals surface area contributed by atoms with Crippen molar-refractivity contribution in [3.05, 3.63) is 82.0 Å². The Morgan fingerprint density at radius 1 is 0.685 bits per heavy atom. The largest absolute Gasteiger partial charge is 0.496 e. The van der Waals surface area contributed by atoms with Gasteiger partial charge in [-0.3, -0.25) is 14.8 Å². The first-order valence-electron chi connectivity index (χ1n) is 19.0. The Labute approximate surface area is 328 Å². The van der Waals surface area contributed by atoms with Gasteiger partial charge in [-0.1, -0.05) is 59.6 Å². The Hall–Kier alpha value is -3.32. The van der Waals surface area contributed by atoms with E-state index in [2.05, 4.69) is 37.8 Å². The van der Waals surface area contributed by atoms with E-state index >= 15 is 0 Å². The topological polar surface area (TPSA) is 97.7 Å². The van der Waals surface area contributed by atoms with Crippen molar-refractivity contribution >= 4 is 23.2 Å². The normalized spacial score (nSPS) is 19.7. The number of rotatable bonds is 13. The Bertz CT molecular complexity index is 1840. The Morgan fingerprint density at radius 3 is 1.91 bits per heavy atom. The third-order valence-electron chi connectivity index (χ3n) is 12.0. The predicted octanol–water partition coefficient (Wildman–Crippen LogP) is 5.80. The molecule has 286 valence electrons. The minimum atomic E-state index is 0.219. The number of hydrogen-bond donors (Lipinski definition) is 2. The molecule has 2 aromatic carbocycles. The van der Waals surface area contributed by atoms with E-state index in [-0.39, 0.29) is 13.2 Å². The molecule has 4 fully saturated rings. The molecular weight excluding hydrogens is 723 g/mol. The summed E-state index contributed by atoms with van der Waals surface area (Å²) in [5.74, 6) is 1.41. The summed E-state index contributed by atoms with van der Waals surface area (Å²) in [7, 11) is 3.37. The molecular formula is C42H50Cl2N6O4. The number of nitrogens with zero attached hydrogens (tertiary/aromatic N) is 6. The number of benzene rings is 2. The Balaban J connectivity index is 0.972. The van der Waals surface area contributed by atoms with Crippen LogP contribution in [-0.2, 0) is 13.1 Å². The molecule has 6 heterocycles. The van der Waals surface area contributed by atoms with Crippen LogP contribution in [0.5, 0.6) is 11.6 Å². The molecule has 2 spiro atoms. The number of aromatic nitrogens is 2. The van der Waals surface area contributed by atoms with Crippen LogP contribution in [0, 0.1) is 10.8 Å². The van der Waals surface area contributed by atoms with Crippen LogP contribution in [0.3, 0.4) is 0 Å². The second-order valence-electron chi connectivity index (χ2n) is 15.9. The molecule has 0 amide bonds. The molecule has 2 aromatic heterocycles. The summed E-state index contributed by atoms with van der Waals surface area (Å²) in [4.78, 5) is 19.3. The standard InChI is InChI=1S/C42H50Cl2N6O4/c1-53-36-20-29(6-7-30(36)21-49-25-41(26-49)11-14-47(23-41)16-18-51)39-38(44)33(10-13-45-39)32-4-3-5-34(37(32)43)35-9-8-31(40(46-35)54-2)22-50-27-42(28-50)12-15-48(24-42)17-19-52/h3-10,13,20,51-52H,11-12,14-19,21-28H2,1-2H3. The van der Waals surface area contributed by atoms with Crippen LogP contribution in [-0.4, -0.2) is 133 Å². The number of pyridine rings is 2. The zero-order valence-electron chi connectivity index (χ0n) is 31.2. The quantitative estimate of drug-likeness (QED) is 0.174. The fourth-order valence-corrected chi connectivity index (χ4v) is 10.1. The second-order valence-corrected chi connectivity index (χ2v) is 16.6. The van der Waals surface area contributed by atoms with Gasteiger partial charge in [0.05, 0.1) is 48.9 Å². The molecule has 4 aromatic rings. The van der Waals surface area contributed by atoms with Gasteiger partial charge in [-0.15, -0.1) is 0 Å². The minimum absolute atomic E-state index is 0.219. The molecule has 4 aliphatic heterocycles. The van der Waals surface area contributed by atoms with Crippen molar-refractivity contribution in [2.75, 3.05) is 92.9 Å². The van der Waals surface area contributed by atoms with E-state index in [1.165, 1.54) is 12.8 Å². The Morgan fingerprint density at radius 2 is 1.28 bits per heavy atom. The van der Waals surface area contributed by atoms with Gasteiger partial charge < -0.3 is 29.5 Å². The molecule has 0 radical (unpaired) electrons. The summed E-state index contributed by atoms with van der Waals surface area (Å²) in [5.41, 5.74) is 7.50. The van der Waals surface area contributed by atoms with E-state index in [1.54, 1.807) is 20.4 Å². The van der Waals surface area contributed by atoms with Crippen molar-refractivity contribution in [2.24, 2.45) is 10.8 Å². The molecule has 10 nitrogen and oxygen atoms in total. The lowest BCUT2D eigenvalue weighted by Crippen LogP contribution is -2.56. The second kappa shape index (κ2) is 15.7. The van der Waals surface area contributed by atoms with E-state index in [1.807, 2.05) is 36.4 Å². The fraction of sp³-hybridized carbons (Fsp3) is 0.476. The summed E-state index contributed by atoms with van der Waals surface area (Å²) in [6, 6.07) is 18.2. The summed E-state index contributed by atoms with van der Waals surface area (Å²) < 4.78 is 11.7. The molecule has 0 bridgehead atoms. The lowest BCUT2D eigenvalue weighted by Gasteiger charge is -2.48. The van der Waals surface area contributed by atoms with Crippen LogP contribution >= 0.6 is 23.2 Å². The Kier molecular flexibility index (Phi) is 10.9. The summed E-state index contributed by atoms with van der Waals surface area (Å²) in [6.45, 7) is 12.0. The van der Waals surface area contributed by atoms with Crippen molar-refractivity contribution in [1.29, 1.82) is 0 Å². The monoisotopic (exact) mass is 772 g/mol. The molecule has 12 heteroatoms. The van der Waals surface area contributed by atoms with Crippen LogP contribution in [0.4, 0.5) is 0 Å². The molecule has 0 atom stereocenters. The first-order valence-corrected chi connectivity index (χ1v) is 19.8. The fourth-order valence-electron chi connectivity index (χ4n) is 9.48. The maximum atomic E-state index is 9.34. The summed E-state index contributed by atoms with van der Waals surface area (Å²) in [5, 5.41) is 19.8. The molecule has 0 aliphatic carbocycles. The SMILES string of the molecule is COc1cc(-c2nccc(-c3cccc(-c4ccc(CN5CC6(CCN(CCO)C6)C5)c(OC)n4)c3Cl)c2Cl)ccc1CN1CC2(CCN(CCO)C2)C1. The van der Waals surface area contributed by atoms with Crippen molar-refractivity contribution < 1.29 is 19.7 Å². The molecule has 0 saturated carbocycles. The molecule has 2 N–H and O–H groups in total. The van der Waals surface area contributed by atoms with E-state index in [0.29, 0.717) is 32.4 Å². The number of halogens is 2. The highest BCUT2D eigenvalue weighted by Crippen LogP contribution is 2.45. The van der Waals surface area contributed by atoms with Crippen molar-refractivity contribution in [3.8, 4) is 45.3 Å². The van der Waals surface area contributed by atoms with Gasteiger partial charge in [0.25, 0.3) is 0 Å². The third-order valence-corrected chi connectivity index (χ3v) is 12.8. The van der Waals surface area contributed by atoms with Crippen LogP contribution < -0.4 is 9.47 Å². The van der Waals surface area contributed by atoms with Gasteiger partial charge in [0.2, 0.25) is 5.88 Å². The maximum Gasteiger partial charge on any atom is 0.218 e. The van der Waals surface area contributed by atoms with E-state index in [9.17, 15) is 10.2 Å². The number of likely N-dealkylation sites (tertiary alicyclic amines) is 4. The van der Waals surface area contributed by atoms with E-state index in [4.69, 9.17) is 42.6 Å². The van der Waals surface area contributed by atoms with E-state index < -0.39 is 0 Å². The highest BCUT2D eigenvalue weighted by Gasteiger charge is 2.48. The van der Waals surface area contributed by atoms with Gasteiger partial charge in [-0.2, -0.15) is 0 Å². The molecule has 0 unspecified atom stereocenters. The minimum Gasteiger partial charge on any atom is -0.496 e. The highest BCUT2D eigenvalue weighted by atomic mass is 35.5. The number of β-amino-alcohol motifs (C(OH)–C–C–N with tert-alkyl or cyclic N) is 2. The highest BCUT2D eigenvalue weighted by molar-refractivity contribution is 6.39. The maximum absolute atomic E-state index is 9.34. The van der Waals surface area contributed by atoms with Crippen LogP contribution in [0.1, 0.15) is 24.0 Å². The summed E-state index contributed by atoms with van der Waals surface area (Å²) >= 11 is 14.3. The lowest BCUT2D eigenvalue weighted by atomic mass is 9.79. The van der Waals surface area contributed by atoms with Gasteiger partial charge in [0.1, 0.15) is 5.75 Å². The molecule has 4 saturated heterocycles. The first kappa shape index (κ1) is 37.6. The average molecular weight is 774 g/mol. The van der Waals surface area contributed by atoms with Crippen molar-refractivity contribution in [3.63, 3.8) is 0 Å². The van der Waals surface area contributed by atoms with Gasteiger partial charge in [-0.25, -0.2) is 4.98 Å². The average Bonchev–Trinajstić information content (AvgIpc) is 3.77. The third kappa shape index (κ3) is 7.35. The van der Waals surface area contributed by atoms with E-state index in [0.717, 1.165) is 123 Å². The number of aliphatic hydroxyl groups excluding tert-OH is 2. The van der Waals surface area contributed by atoms with Gasteiger partial charge in [0.15, 0.2) is 0 Å². The van der Waals surface area contributed by atoms with Gasteiger partial charge in [0, 0.05) is 116 Å². The van der Waals surface area contributed by atoms with Crippen LogP contribution in [0.15, 0.2) is 60.8 Å².